The third-order valence-corrected chi connectivity index (χ3v) is 18.4. The van der Waals surface area contributed by atoms with Gasteiger partial charge >= 0.3 is 12.2 Å². The highest BCUT2D eigenvalue weighted by molar-refractivity contribution is 7.92. The van der Waals surface area contributed by atoms with Gasteiger partial charge in [-0.1, -0.05) is 71.9 Å². The second kappa shape index (κ2) is 52.0. The molecule has 2 atom stereocenters. The molecule has 5 aliphatic rings. The number of carboxylic acid groups (broad SMARTS) is 1. The molecule has 5 heterocycles. The summed E-state index contributed by atoms with van der Waals surface area (Å²) in [6.45, 7) is 36.4. The summed E-state index contributed by atoms with van der Waals surface area (Å²) >= 11 is 0. The van der Waals surface area contributed by atoms with Crippen LogP contribution in [0.5, 0.6) is 28.7 Å². The Bertz CT molecular complexity index is 3140. The number of carbonyl (C=O) groups is 3. The SMILES string of the molecule is CC(=O)O.CCc1cc(CC)cc(OC2CCN(C(=O)OC(C)(C)C)CC2)c1.CCc1cc(CC)cc(OC2CCN(C)CC2)c1.CCc1cc(O)cc(CC)c1.CN1CCC(Oc2cc(CO)cc(CO)c2)CC1.CN1CCN(C(=O)OC(C)(C)C)CC1.OCc1cc(CO)cc(OC2CCNCC2)c1.PP. The Balaban J connectivity index is 0.000000335. The first-order valence-corrected chi connectivity index (χ1v) is 41.8. The predicted molar refractivity (Wildman–Crippen MR) is 442 cm³/mol. The molecule has 608 valence electrons. The molecule has 5 aliphatic heterocycles. The Morgan fingerprint density at radius 2 is 0.602 bits per heavy atom. The van der Waals surface area contributed by atoms with Gasteiger partial charge in [0.2, 0.25) is 0 Å². The van der Waals surface area contributed by atoms with Crippen molar-refractivity contribution in [1.29, 1.82) is 0 Å². The fraction of sp³-hybridized carbons (Fsp3) is 0.612. The van der Waals surface area contributed by atoms with Gasteiger partial charge in [0.25, 0.3) is 5.97 Å². The van der Waals surface area contributed by atoms with Crippen molar-refractivity contribution in [2.75, 3.05) is 99.7 Å². The lowest BCUT2D eigenvalue weighted by Gasteiger charge is -2.33. The number of aryl methyl sites for hydroxylation is 6. The number of phenolic OH excluding ortho intramolecular Hbond substituents is 1. The van der Waals surface area contributed by atoms with E-state index in [1.165, 1.54) is 33.4 Å². The number of phenols is 1. The Labute approximate surface area is 653 Å². The maximum absolute atomic E-state index is 12.1. The quantitative estimate of drug-likeness (QED) is 0.0402. The van der Waals surface area contributed by atoms with E-state index >= 15 is 0 Å². The third-order valence-electron chi connectivity index (χ3n) is 18.4. The summed E-state index contributed by atoms with van der Waals surface area (Å²) in [6.07, 6.45) is 14.8. The number of likely N-dealkylation sites (N-methyl/N-ethyl adjacent to an activating group) is 1. The van der Waals surface area contributed by atoms with E-state index in [1.54, 1.807) is 21.9 Å². The minimum atomic E-state index is -0.833. The number of aliphatic hydroxyl groups excluding tert-OH is 4. The topological polar surface area (TPSA) is 256 Å². The minimum absolute atomic E-state index is 0.0302. The molecular weight excluding hydrogens is 1410 g/mol. The van der Waals surface area contributed by atoms with Crippen molar-refractivity contribution in [2.45, 2.75) is 242 Å². The maximum Gasteiger partial charge on any atom is 0.410 e. The number of nitrogens with zero attached hydrogens (tertiary/aromatic N) is 5. The molecule has 7 N–H and O–H groups in total. The molecule has 2 amide bonds. The number of ether oxygens (including phenoxy) is 6. The van der Waals surface area contributed by atoms with E-state index in [0.717, 1.165) is 208 Å². The summed E-state index contributed by atoms with van der Waals surface area (Å²) in [5.74, 6) is 3.08. The Hall–Kier alpha value is -6.35. The molecular formula is C85H138N6O15P2. The van der Waals surface area contributed by atoms with Crippen molar-refractivity contribution >= 4 is 36.0 Å². The van der Waals surface area contributed by atoms with Crippen molar-refractivity contribution in [2.24, 2.45) is 0 Å². The third kappa shape index (κ3) is 40.0. The molecule has 2 unspecified atom stereocenters. The Kier molecular flexibility index (Phi) is 46.1. The first-order valence-electron chi connectivity index (χ1n) is 39.1. The average Bonchev–Trinajstić information content (AvgIpc) is 0.893. The summed E-state index contributed by atoms with van der Waals surface area (Å²) < 4.78 is 34.9. The molecule has 21 nitrogen and oxygen atoms in total. The smallest absolute Gasteiger partial charge is 0.410 e. The number of piperazine rings is 1. The first-order chi connectivity index (χ1) is 51.4. The van der Waals surface area contributed by atoms with E-state index < -0.39 is 11.6 Å². The van der Waals surface area contributed by atoms with Crippen LogP contribution >= 0.6 is 17.9 Å². The fourth-order valence-corrected chi connectivity index (χ4v) is 12.2. The molecule has 108 heavy (non-hydrogen) atoms. The van der Waals surface area contributed by atoms with Gasteiger partial charge in [-0.25, -0.2) is 9.59 Å². The number of piperidine rings is 4. The summed E-state index contributed by atoms with van der Waals surface area (Å²) in [6, 6.07) is 29.9. The van der Waals surface area contributed by atoms with E-state index in [0.29, 0.717) is 24.9 Å². The van der Waals surface area contributed by atoms with Crippen LogP contribution in [-0.4, -0.2) is 209 Å². The Morgan fingerprint density at radius 1 is 0.380 bits per heavy atom. The molecule has 0 aliphatic carbocycles. The van der Waals surface area contributed by atoms with Crippen LogP contribution in [-0.2, 0) is 79.2 Å². The first kappa shape index (κ1) is 95.9. The number of aliphatic carboxylic acids is 1. The molecule has 10 rings (SSSR count). The van der Waals surface area contributed by atoms with Crippen LogP contribution in [0.1, 0.15) is 197 Å². The highest BCUT2D eigenvalue weighted by Crippen LogP contribution is 2.28. The number of carboxylic acids is 1. The number of aliphatic hydroxyl groups is 4. The average molecular weight is 1550 g/mol. The van der Waals surface area contributed by atoms with Crippen molar-refractivity contribution in [1.82, 2.24) is 29.8 Å². The van der Waals surface area contributed by atoms with E-state index in [2.05, 4.69) is 143 Å². The number of aromatic hydroxyl groups is 1. The Morgan fingerprint density at radius 3 is 0.861 bits per heavy atom. The van der Waals surface area contributed by atoms with Crippen LogP contribution in [0.25, 0.3) is 0 Å². The van der Waals surface area contributed by atoms with Gasteiger partial charge in [-0.15, -0.1) is 17.9 Å². The second-order valence-electron chi connectivity index (χ2n) is 30.1. The molecule has 5 aromatic carbocycles. The zero-order valence-electron chi connectivity index (χ0n) is 68.4. The number of hydrogen-bond donors (Lipinski definition) is 7. The van der Waals surface area contributed by atoms with Gasteiger partial charge in [0, 0.05) is 85.2 Å². The van der Waals surface area contributed by atoms with E-state index in [4.69, 9.17) is 48.5 Å². The standard InChI is InChI=1S/C20H31NO3.C16H25NO.C14H21NO3.C13H19NO3.C10H20N2O2.C10H14O.C2H4O2.H4P2/c1-6-15-12-16(7-2)14-18(13-15)23-17-8-10-21(11-9-17)19(22)24-20(3,4)5;1-4-13-10-14(5-2)12-16(11-13)18-15-6-8-17(3)9-7-15;1-15-4-2-13(3-5-15)18-14-7-11(9-16)6-12(8-14)10-17;15-8-10-5-11(9-16)7-13(6-10)17-12-1-3-14-4-2-12;1-10(2,3)14-9(13)12-7-5-11(4)6-8-12;1-3-8-5-9(4-2)7-10(11)6-8;1-2(3)4;1-2/h12-14,17H,6-11H2,1-5H3;10-12,15H,4-9H2,1-3H3;6-8,13,16-17H,2-5,9-10H2,1H3;5-7,12,14-16H,1-4,8-9H2;5-8H2,1-4H3;5-7,11H,3-4H2,1-2H3;1H3,(H,3,4);1-2H2. The zero-order valence-corrected chi connectivity index (χ0v) is 70.7. The molecule has 0 aromatic heterocycles. The number of amides is 2. The molecule has 0 bridgehead atoms. The summed E-state index contributed by atoms with van der Waals surface area (Å²) in [5.41, 5.74) is 10.1. The fourth-order valence-electron chi connectivity index (χ4n) is 12.2. The number of nitrogens with one attached hydrogen (secondary N) is 1. The lowest BCUT2D eigenvalue weighted by molar-refractivity contribution is -0.134. The van der Waals surface area contributed by atoms with Crippen LogP contribution in [0.4, 0.5) is 9.59 Å². The lowest BCUT2D eigenvalue weighted by atomic mass is 10.1. The van der Waals surface area contributed by atoms with Crippen molar-refractivity contribution in [3.05, 3.63) is 147 Å². The number of likely N-dealkylation sites (tertiary alicyclic amines) is 3. The minimum Gasteiger partial charge on any atom is -0.508 e. The molecule has 0 spiro atoms. The lowest BCUT2D eigenvalue weighted by Crippen LogP contribution is -2.48. The molecule has 5 fully saturated rings. The number of rotatable bonds is 18. The van der Waals surface area contributed by atoms with Gasteiger partial charge in [-0.2, -0.15) is 0 Å². The molecule has 0 saturated carbocycles. The van der Waals surface area contributed by atoms with Gasteiger partial charge in [0.15, 0.2) is 0 Å². The monoisotopic (exact) mass is 1540 g/mol. The highest BCUT2D eigenvalue weighted by atomic mass is 32.0. The number of carbonyl (C=O) groups excluding carboxylic acids is 2. The van der Waals surface area contributed by atoms with Crippen LogP contribution in [0, 0.1) is 0 Å². The summed E-state index contributed by atoms with van der Waals surface area (Å²) in [5, 5.41) is 56.6. The van der Waals surface area contributed by atoms with Gasteiger partial charge in [-0.3, -0.25) is 4.79 Å². The number of benzene rings is 5. The molecule has 0 radical (unpaired) electrons. The van der Waals surface area contributed by atoms with Crippen molar-refractivity contribution in [3.63, 3.8) is 0 Å². The highest BCUT2D eigenvalue weighted by Gasteiger charge is 2.29. The molecule has 23 heteroatoms. The normalized spacial score (nSPS) is 16.1. The van der Waals surface area contributed by atoms with E-state index in [9.17, 15) is 24.9 Å². The van der Waals surface area contributed by atoms with Gasteiger partial charge < -0.3 is 88.9 Å². The second-order valence-corrected chi connectivity index (χ2v) is 30.1. The zero-order chi connectivity index (χ0) is 80.4. The molecule has 5 saturated heterocycles. The van der Waals surface area contributed by atoms with Crippen molar-refractivity contribution in [3.8, 4) is 28.7 Å². The maximum atomic E-state index is 12.1. The van der Waals surface area contributed by atoms with Gasteiger partial charge in [0.1, 0.15) is 64.4 Å². The van der Waals surface area contributed by atoms with E-state index in [1.807, 2.05) is 77.9 Å². The largest absolute Gasteiger partial charge is 0.508 e. The summed E-state index contributed by atoms with van der Waals surface area (Å²) in [4.78, 5) is 43.1. The molecule has 5 aromatic rings. The summed E-state index contributed by atoms with van der Waals surface area (Å²) in [7, 11) is 11.0. The number of hydrogen-bond acceptors (Lipinski definition) is 18. The van der Waals surface area contributed by atoms with Gasteiger partial charge in [0.05, 0.1) is 26.4 Å². The predicted octanol–water partition coefficient (Wildman–Crippen LogP) is 14.2. The van der Waals surface area contributed by atoms with Crippen molar-refractivity contribution < 1.29 is 73.4 Å². The van der Waals surface area contributed by atoms with Crippen LogP contribution in [0.3, 0.4) is 0 Å². The van der Waals surface area contributed by atoms with Crippen LogP contribution in [0.15, 0.2) is 91.0 Å². The van der Waals surface area contributed by atoms with Crippen LogP contribution < -0.4 is 24.3 Å². The van der Waals surface area contributed by atoms with Gasteiger partial charge in [-0.05, 0) is 269 Å². The van der Waals surface area contributed by atoms with Crippen LogP contribution in [0.2, 0.25) is 0 Å². The van der Waals surface area contributed by atoms with E-state index in [-0.39, 0.29) is 62.5 Å².